The molecule has 8 heteroatoms. The van der Waals surface area contributed by atoms with Gasteiger partial charge in [0.25, 0.3) is 11.8 Å². The molecule has 3 aromatic carbocycles. The molecule has 0 unspecified atom stereocenters. The van der Waals surface area contributed by atoms with Gasteiger partial charge in [-0.2, -0.15) is 4.99 Å². The zero-order chi connectivity index (χ0) is 22.0. The van der Waals surface area contributed by atoms with Gasteiger partial charge in [-0.1, -0.05) is 29.8 Å². The largest absolute Gasteiger partial charge is 0.496 e. The molecular formula is C23H17ClN2O4S. The summed E-state index contributed by atoms with van der Waals surface area (Å²) in [5.41, 5.74) is 1.17. The Morgan fingerprint density at radius 1 is 1.03 bits per heavy atom. The number of halogens is 1. The highest BCUT2D eigenvalue weighted by Gasteiger charge is 2.25. The number of hydrogen-bond acceptors (Lipinski definition) is 5. The molecule has 1 heterocycles. The predicted octanol–water partition coefficient (Wildman–Crippen LogP) is 4.91. The number of carbonyl (C=O) groups is 2. The fourth-order valence-corrected chi connectivity index (χ4v) is 4.15. The van der Waals surface area contributed by atoms with E-state index in [1.807, 2.05) is 30.3 Å². The Kier molecular flexibility index (Phi) is 5.97. The average Bonchev–Trinajstić information content (AvgIpc) is 3.12. The first-order chi connectivity index (χ1) is 15.0. The molecule has 4 rings (SSSR count). The molecule has 3 aromatic rings. The van der Waals surface area contributed by atoms with Crippen LogP contribution in [0.5, 0.6) is 11.5 Å². The lowest BCUT2D eigenvalue weighted by atomic mass is 10.0. The molecule has 1 saturated heterocycles. The highest BCUT2D eigenvalue weighted by Crippen LogP contribution is 2.37. The highest BCUT2D eigenvalue weighted by molar-refractivity contribution is 8.18. The van der Waals surface area contributed by atoms with Crippen molar-refractivity contribution in [2.75, 3.05) is 14.2 Å². The minimum absolute atomic E-state index is 0.223. The number of methoxy groups -OCH3 is 2. The first-order valence-electron chi connectivity index (χ1n) is 9.23. The van der Waals surface area contributed by atoms with Crippen molar-refractivity contribution in [1.29, 1.82) is 0 Å². The highest BCUT2D eigenvalue weighted by atomic mass is 35.5. The maximum atomic E-state index is 12.5. The SMILES string of the molecule is COc1ccc(/C=C2\SC(=NC(=O)c3ccc(Cl)cc3)NC2=O)c2c(OC)cccc12. The zero-order valence-corrected chi connectivity index (χ0v) is 18.2. The minimum Gasteiger partial charge on any atom is -0.496 e. The van der Waals surface area contributed by atoms with Crippen LogP contribution in [0.25, 0.3) is 16.8 Å². The molecule has 0 saturated carbocycles. The lowest BCUT2D eigenvalue weighted by Crippen LogP contribution is -2.20. The number of thioether (sulfide) groups is 1. The molecule has 0 aromatic heterocycles. The van der Waals surface area contributed by atoms with Crippen LogP contribution < -0.4 is 14.8 Å². The molecule has 1 aliphatic rings. The van der Waals surface area contributed by atoms with Crippen LogP contribution in [0.15, 0.2) is 64.5 Å². The number of benzene rings is 3. The van der Waals surface area contributed by atoms with Crippen molar-refractivity contribution >= 4 is 57.2 Å². The Labute approximate surface area is 187 Å². The Morgan fingerprint density at radius 3 is 2.48 bits per heavy atom. The monoisotopic (exact) mass is 452 g/mol. The first-order valence-corrected chi connectivity index (χ1v) is 10.4. The molecule has 0 spiro atoms. The lowest BCUT2D eigenvalue weighted by molar-refractivity contribution is -0.115. The molecular weight excluding hydrogens is 436 g/mol. The minimum atomic E-state index is -0.461. The van der Waals surface area contributed by atoms with E-state index in [9.17, 15) is 9.59 Å². The van der Waals surface area contributed by atoms with E-state index in [1.165, 1.54) is 0 Å². The molecule has 1 fully saturated rings. The van der Waals surface area contributed by atoms with Crippen molar-refractivity contribution in [3.8, 4) is 11.5 Å². The van der Waals surface area contributed by atoms with Gasteiger partial charge in [0, 0.05) is 21.4 Å². The van der Waals surface area contributed by atoms with Crippen LogP contribution in [0.4, 0.5) is 0 Å². The summed E-state index contributed by atoms with van der Waals surface area (Å²) >= 11 is 6.95. The normalized spacial score (nSPS) is 16.0. The third-order valence-electron chi connectivity index (χ3n) is 4.67. The van der Waals surface area contributed by atoms with Gasteiger partial charge in [-0.05, 0) is 59.8 Å². The number of carbonyl (C=O) groups excluding carboxylic acids is 2. The van der Waals surface area contributed by atoms with Crippen LogP contribution in [0, 0.1) is 0 Å². The van der Waals surface area contributed by atoms with Crippen molar-refractivity contribution < 1.29 is 19.1 Å². The molecule has 0 aliphatic carbocycles. The number of rotatable bonds is 4. The fourth-order valence-electron chi connectivity index (χ4n) is 3.21. The van der Waals surface area contributed by atoms with Crippen LogP contribution in [-0.4, -0.2) is 31.2 Å². The number of amides is 2. The molecule has 156 valence electrons. The molecule has 1 aliphatic heterocycles. The zero-order valence-electron chi connectivity index (χ0n) is 16.6. The number of aliphatic imine (C=N–C) groups is 1. The van der Waals surface area contributed by atoms with E-state index < -0.39 is 5.91 Å². The van der Waals surface area contributed by atoms with Crippen LogP contribution in [-0.2, 0) is 4.79 Å². The van der Waals surface area contributed by atoms with Crippen LogP contribution in [0.2, 0.25) is 5.02 Å². The quantitative estimate of drug-likeness (QED) is 0.569. The van der Waals surface area contributed by atoms with E-state index in [2.05, 4.69) is 10.3 Å². The second-order valence-corrected chi connectivity index (χ2v) is 8.00. The second-order valence-electron chi connectivity index (χ2n) is 6.53. The number of ether oxygens (including phenoxy) is 2. The van der Waals surface area contributed by atoms with Crippen LogP contribution >= 0.6 is 23.4 Å². The van der Waals surface area contributed by atoms with Gasteiger partial charge in [0.15, 0.2) is 5.17 Å². The van der Waals surface area contributed by atoms with Gasteiger partial charge in [0.1, 0.15) is 11.5 Å². The van der Waals surface area contributed by atoms with Crippen molar-refractivity contribution in [3.05, 3.63) is 75.7 Å². The Bertz CT molecular complexity index is 1250. The molecule has 0 radical (unpaired) electrons. The summed E-state index contributed by atoms with van der Waals surface area (Å²) < 4.78 is 11.0. The Balaban J connectivity index is 1.69. The van der Waals surface area contributed by atoms with Crippen molar-refractivity contribution in [3.63, 3.8) is 0 Å². The second kappa shape index (κ2) is 8.83. The number of nitrogens with one attached hydrogen (secondary N) is 1. The topological polar surface area (TPSA) is 77.0 Å². The van der Waals surface area contributed by atoms with E-state index in [4.69, 9.17) is 21.1 Å². The van der Waals surface area contributed by atoms with Crippen LogP contribution in [0.1, 0.15) is 15.9 Å². The maximum Gasteiger partial charge on any atom is 0.279 e. The Morgan fingerprint density at radius 2 is 1.77 bits per heavy atom. The predicted molar refractivity (Wildman–Crippen MR) is 124 cm³/mol. The summed E-state index contributed by atoms with van der Waals surface area (Å²) in [7, 11) is 3.20. The molecule has 0 bridgehead atoms. The molecule has 1 N–H and O–H groups in total. The number of amidine groups is 1. The van der Waals surface area contributed by atoms with Crippen molar-refractivity contribution in [2.24, 2.45) is 4.99 Å². The summed E-state index contributed by atoms with van der Waals surface area (Å²) in [6, 6.07) is 15.8. The third-order valence-corrected chi connectivity index (χ3v) is 5.83. The van der Waals surface area contributed by atoms with Crippen LogP contribution in [0.3, 0.4) is 0 Å². The van der Waals surface area contributed by atoms with Gasteiger partial charge in [-0.3, -0.25) is 9.59 Å². The van der Waals surface area contributed by atoms with E-state index in [1.54, 1.807) is 44.6 Å². The fraction of sp³-hybridized carbons (Fsp3) is 0.0870. The molecule has 6 nitrogen and oxygen atoms in total. The summed E-state index contributed by atoms with van der Waals surface area (Å²) in [5, 5.41) is 5.08. The van der Waals surface area contributed by atoms with Gasteiger partial charge in [0.2, 0.25) is 0 Å². The first kappa shape index (κ1) is 21.0. The molecule has 2 amide bonds. The van der Waals surface area contributed by atoms with Crippen molar-refractivity contribution in [1.82, 2.24) is 5.32 Å². The van der Waals surface area contributed by atoms with Gasteiger partial charge < -0.3 is 14.8 Å². The number of hydrogen-bond donors (Lipinski definition) is 1. The molecule has 0 atom stereocenters. The van der Waals surface area contributed by atoms with E-state index in [-0.39, 0.29) is 11.1 Å². The lowest BCUT2D eigenvalue weighted by Gasteiger charge is -2.12. The van der Waals surface area contributed by atoms with E-state index in [0.29, 0.717) is 27.0 Å². The summed E-state index contributed by atoms with van der Waals surface area (Å²) in [5.74, 6) is 0.581. The van der Waals surface area contributed by atoms with Gasteiger partial charge in [-0.15, -0.1) is 0 Å². The smallest absolute Gasteiger partial charge is 0.279 e. The van der Waals surface area contributed by atoms with Gasteiger partial charge >= 0.3 is 0 Å². The summed E-state index contributed by atoms with van der Waals surface area (Å²) in [6.45, 7) is 0. The average molecular weight is 453 g/mol. The van der Waals surface area contributed by atoms with E-state index in [0.717, 1.165) is 28.1 Å². The number of fused-ring (bicyclic) bond motifs is 1. The van der Waals surface area contributed by atoms with E-state index >= 15 is 0 Å². The summed E-state index contributed by atoms with van der Waals surface area (Å²) in [6.07, 6.45) is 1.75. The molecule has 31 heavy (non-hydrogen) atoms. The maximum absolute atomic E-state index is 12.5. The van der Waals surface area contributed by atoms with Gasteiger partial charge in [-0.25, -0.2) is 0 Å². The van der Waals surface area contributed by atoms with Gasteiger partial charge in [0.05, 0.1) is 19.1 Å². The third kappa shape index (κ3) is 4.28. The number of nitrogens with zero attached hydrogens (tertiary/aromatic N) is 1. The Hall–Kier alpha value is -3.29. The summed E-state index contributed by atoms with van der Waals surface area (Å²) in [4.78, 5) is 29.3. The van der Waals surface area contributed by atoms with Crippen molar-refractivity contribution in [2.45, 2.75) is 0 Å². The standard InChI is InChI=1S/C23H17ClN2O4S/c1-29-17-11-8-14(20-16(17)4-3-5-18(20)30-2)12-19-22(28)26-23(31-19)25-21(27)13-6-9-15(24)10-7-13/h3-12H,1-2H3,(H,25,26,27,28)/b19-12-.